The van der Waals surface area contributed by atoms with Gasteiger partial charge in [-0.1, -0.05) is 24.3 Å². The van der Waals surface area contributed by atoms with E-state index in [1.54, 1.807) is 38.1 Å². The molecule has 2 N–H and O–H groups in total. The summed E-state index contributed by atoms with van der Waals surface area (Å²) in [5, 5.41) is 18.0. The van der Waals surface area contributed by atoms with E-state index in [1.807, 2.05) is 0 Å². The number of carboxylic acid groups (broad SMARTS) is 1. The van der Waals surface area contributed by atoms with Crippen molar-refractivity contribution >= 4 is 5.97 Å². The second-order valence-electron chi connectivity index (χ2n) is 3.40. The number of aliphatic hydroxyl groups excluding tert-OH is 1. The van der Waals surface area contributed by atoms with Crippen molar-refractivity contribution in [2.45, 2.75) is 25.9 Å². The molecular weight excluding hydrogens is 180 g/mol. The van der Waals surface area contributed by atoms with Crippen molar-refractivity contribution in [3.8, 4) is 0 Å². The highest BCUT2D eigenvalue weighted by Gasteiger charge is 2.13. The van der Waals surface area contributed by atoms with Crippen LogP contribution in [0.2, 0.25) is 0 Å². The fourth-order valence-electron chi connectivity index (χ4n) is 1.21. The monoisotopic (exact) mass is 194 g/mol. The summed E-state index contributed by atoms with van der Waals surface area (Å²) in [6.45, 7) is 3.31. The first-order valence-electron chi connectivity index (χ1n) is 4.53. The quantitative estimate of drug-likeness (QED) is 0.773. The highest BCUT2D eigenvalue weighted by molar-refractivity contribution is 5.75. The number of hydrogen-bond acceptors (Lipinski definition) is 2. The Balaban J connectivity index is 2.88. The summed E-state index contributed by atoms with van der Waals surface area (Å²) < 4.78 is 0. The number of hydrogen-bond donors (Lipinski definition) is 2. The molecule has 14 heavy (non-hydrogen) atoms. The molecule has 2 unspecified atom stereocenters. The fourth-order valence-corrected chi connectivity index (χ4v) is 1.21. The zero-order valence-electron chi connectivity index (χ0n) is 8.27. The molecule has 0 bridgehead atoms. The van der Waals surface area contributed by atoms with Gasteiger partial charge in [0.15, 0.2) is 0 Å². The fraction of sp³-hybridized carbons (Fsp3) is 0.364. The molecule has 2 atom stereocenters. The van der Waals surface area contributed by atoms with E-state index >= 15 is 0 Å². The predicted molar refractivity (Wildman–Crippen MR) is 53.1 cm³/mol. The molecule has 0 spiro atoms. The van der Waals surface area contributed by atoms with Crippen LogP contribution in [-0.4, -0.2) is 16.2 Å². The molecule has 0 heterocycles. The van der Waals surface area contributed by atoms with Gasteiger partial charge in [0.25, 0.3) is 0 Å². The summed E-state index contributed by atoms with van der Waals surface area (Å²) in [4.78, 5) is 10.7. The van der Waals surface area contributed by atoms with Crippen LogP contribution in [0.5, 0.6) is 0 Å². The molecule has 0 aliphatic rings. The lowest BCUT2D eigenvalue weighted by Crippen LogP contribution is -2.07. The van der Waals surface area contributed by atoms with E-state index in [9.17, 15) is 9.90 Å². The van der Waals surface area contributed by atoms with Gasteiger partial charge in [-0.15, -0.1) is 0 Å². The summed E-state index contributed by atoms with van der Waals surface area (Å²) in [5.41, 5.74) is 1.55. The molecule has 3 heteroatoms. The smallest absolute Gasteiger partial charge is 0.310 e. The van der Waals surface area contributed by atoms with E-state index in [0.29, 0.717) is 0 Å². The first-order chi connectivity index (χ1) is 6.52. The Labute approximate surface area is 83.0 Å². The minimum absolute atomic E-state index is 0.502. The number of carbonyl (C=O) groups is 1. The minimum Gasteiger partial charge on any atom is -0.481 e. The maximum Gasteiger partial charge on any atom is 0.310 e. The maximum atomic E-state index is 10.7. The lowest BCUT2D eigenvalue weighted by atomic mass is 9.99. The van der Waals surface area contributed by atoms with Gasteiger partial charge in [0.2, 0.25) is 0 Å². The lowest BCUT2D eigenvalue weighted by Gasteiger charge is -2.08. The van der Waals surface area contributed by atoms with Crippen molar-refractivity contribution in [1.29, 1.82) is 0 Å². The van der Waals surface area contributed by atoms with Crippen LogP contribution in [0.3, 0.4) is 0 Å². The number of rotatable bonds is 3. The molecular formula is C11H14O3. The average Bonchev–Trinajstić information content (AvgIpc) is 2.16. The van der Waals surface area contributed by atoms with E-state index in [4.69, 9.17) is 5.11 Å². The first-order valence-corrected chi connectivity index (χ1v) is 4.53. The summed E-state index contributed by atoms with van der Waals surface area (Å²) in [7, 11) is 0. The lowest BCUT2D eigenvalue weighted by molar-refractivity contribution is -0.138. The van der Waals surface area contributed by atoms with Crippen molar-refractivity contribution in [3.05, 3.63) is 35.4 Å². The van der Waals surface area contributed by atoms with Crippen molar-refractivity contribution in [1.82, 2.24) is 0 Å². The zero-order chi connectivity index (χ0) is 10.7. The van der Waals surface area contributed by atoms with Crippen LogP contribution in [0.25, 0.3) is 0 Å². The molecule has 0 aromatic heterocycles. The Hall–Kier alpha value is -1.35. The minimum atomic E-state index is -0.838. The molecule has 76 valence electrons. The third-order valence-corrected chi connectivity index (χ3v) is 2.29. The summed E-state index contributed by atoms with van der Waals surface area (Å²) in [6, 6.07) is 6.97. The largest absolute Gasteiger partial charge is 0.481 e. The molecule has 3 nitrogen and oxygen atoms in total. The van der Waals surface area contributed by atoms with Gasteiger partial charge in [0.05, 0.1) is 12.0 Å². The van der Waals surface area contributed by atoms with Crippen molar-refractivity contribution < 1.29 is 15.0 Å². The molecule has 0 aliphatic carbocycles. The molecule has 0 fully saturated rings. The van der Waals surface area contributed by atoms with Crippen molar-refractivity contribution in [2.24, 2.45) is 0 Å². The molecule has 0 amide bonds. The Kier molecular flexibility index (Phi) is 3.25. The van der Waals surface area contributed by atoms with Crippen LogP contribution in [0, 0.1) is 0 Å². The topological polar surface area (TPSA) is 57.5 Å². The highest BCUT2D eigenvalue weighted by Crippen LogP contribution is 2.18. The van der Waals surface area contributed by atoms with E-state index < -0.39 is 18.0 Å². The van der Waals surface area contributed by atoms with E-state index in [-0.39, 0.29) is 0 Å². The third kappa shape index (κ3) is 2.33. The zero-order valence-corrected chi connectivity index (χ0v) is 8.27. The van der Waals surface area contributed by atoms with Gasteiger partial charge in [-0.05, 0) is 25.0 Å². The van der Waals surface area contributed by atoms with Crippen LogP contribution >= 0.6 is 0 Å². The van der Waals surface area contributed by atoms with Crippen LogP contribution in [0.1, 0.15) is 37.0 Å². The van der Waals surface area contributed by atoms with Gasteiger partial charge < -0.3 is 10.2 Å². The SMILES string of the molecule is CC(O)c1ccc(C(C)C(=O)O)cc1. The van der Waals surface area contributed by atoms with Gasteiger partial charge in [0, 0.05) is 0 Å². The Morgan fingerprint density at radius 3 is 1.93 bits per heavy atom. The molecule has 0 saturated heterocycles. The van der Waals surface area contributed by atoms with Gasteiger partial charge in [-0.2, -0.15) is 0 Å². The summed E-state index contributed by atoms with van der Waals surface area (Å²) in [6.07, 6.45) is -0.510. The second kappa shape index (κ2) is 4.24. The number of carboxylic acids is 1. The normalized spacial score (nSPS) is 14.8. The van der Waals surface area contributed by atoms with Gasteiger partial charge in [-0.25, -0.2) is 0 Å². The van der Waals surface area contributed by atoms with Crippen molar-refractivity contribution in [2.75, 3.05) is 0 Å². The van der Waals surface area contributed by atoms with Gasteiger partial charge >= 0.3 is 5.97 Å². The van der Waals surface area contributed by atoms with Crippen molar-refractivity contribution in [3.63, 3.8) is 0 Å². The number of benzene rings is 1. The molecule has 1 rings (SSSR count). The van der Waals surface area contributed by atoms with Crippen LogP contribution < -0.4 is 0 Å². The third-order valence-electron chi connectivity index (χ3n) is 2.29. The van der Waals surface area contributed by atoms with Crippen LogP contribution in [0.15, 0.2) is 24.3 Å². The molecule has 0 aliphatic heterocycles. The van der Waals surface area contributed by atoms with E-state index in [1.165, 1.54) is 0 Å². The maximum absolute atomic E-state index is 10.7. The number of aliphatic carboxylic acids is 1. The van der Waals surface area contributed by atoms with Gasteiger partial charge in [-0.3, -0.25) is 4.79 Å². The molecule has 0 saturated carbocycles. The Morgan fingerprint density at radius 2 is 1.57 bits per heavy atom. The molecule has 0 radical (unpaired) electrons. The Morgan fingerprint density at radius 1 is 1.14 bits per heavy atom. The Bertz CT molecular complexity index is 314. The summed E-state index contributed by atoms with van der Waals surface area (Å²) >= 11 is 0. The summed E-state index contributed by atoms with van der Waals surface area (Å²) in [5.74, 6) is -1.34. The predicted octanol–water partition coefficient (Wildman–Crippen LogP) is 1.93. The standard InChI is InChI=1S/C11H14O3/c1-7(11(13)14)9-3-5-10(6-4-9)8(2)12/h3-8,12H,1-2H3,(H,13,14). The average molecular weight is 194 g/mol. The second-order valence-corrected chi connectivity index (χ2v) is 3.40. The van der Waals surface area contributed by atoms with Crippen LogP contribution in [-0.2, 0) is 4.79 Å². The first kappa shape index (κ1) is 10.7. The van der Waals surface area contributed by atoms with Gasteiger partial charge in [0.1, 0.15) is 0 Å². The van der Waals surface area contributed by atoms with E-state index in [0.717, 1.165) is 11.1 Å². The highest BCUT2D eigenvalue weighted by atomic mass is 16.4. The van der Waals surface area contributed by atoms with Crippen LogP contribution in [0.4, 0.5) is 0 Å². The molecule has 1 aromatic carbocycles. The van der Waals surface area contributed by atoms with E-state index in [2.05, 4.69) is 0 Å². The molecule has 1 aromatic rings. The number of aliphatic hydroxyl groups is 1.